The van der Waals surface area contributed by atoms with Gasteiger partial charge in [0.05, 0.1) is 27.4 Å². The van der Waals surface area contributed by atoms with Crippen molar-refractivity contribution in [3.63, 3.8) is 0 Å². The number of hydrogen-bond acceptors (Lipinski definition) is 7. The van der Waals surface area contributed by atoms with Gasteiger partial charge in [-0.25, -0.2) is 8.42 Å². The lowest BCUT2D eigenvalue weighted by atomic mass is 10.1. The number of aryl methyl sites for hydroxylation is 1. The number of ether oxygens (including phenoxy) is 1. The summed E-state index contributed by atoms with van der Waals surface area (Å²) in [6.07, 6.45) is 6.40. The van der Waals surface area contributed by atoms with Gasteiger partial charge in [-0.1, -0.05) is 48.9 Å². The van der Waals surface area contributed by atoms with Crippen molar-refractivity contribution in [1.29, 1.82) is 0 Å². The molecule has 7 nitrogen and oxygen atoms in total. The summed E-state index contributed by atoms with van der Waals surface area (Å²) in [4.78, 5) is 2.00. The Morgan fingerprint density at radius 3 is 2.70 bits per heavy atom. The Kier molecular flexibility index (Phi) is 7.75. The molecular formula is C34H31N3O4S3. The minimum atomic E-state index is -4.34. The number of thiophene rings is 1. The Morgan fingerprint density at radius 2 is 1.89 bits per heavy atom. The van der Waals surface area contributed by atoms with Gasteiger partial charge in [0.25, 0.3) is 5.01 Å². The third-order valence-corrected chi connectivity index (χ3v) is 10.5. The minimum absolute atomic E-state index is 0.189. The number of aromatic nitrogens is 2. The van der Waals surface area contributed by atoms with Crippen LogP contribution in [0.2, 0.25) is 0 Å². The lowest BCUT2D eigenvalue weighted by Crippen LogP contribution is -2.35. The maximum Gasteiger partial charge on any atom is 0.268 e. The summed E-state index contributed by atoms with van der Waals surface area (Å²) in [5, 5.41) is 6.46. The van der Waals surface area contributed by atoms with Gasteiger partial charge in [-0.15, -0.1) is 0 Å². The zero-order valence-corrected chi connectivity index (χ0v) is 26.6. The molecule has 0 N–H and O–H groups in total. The van der Waals surface area contributed by atoms with E-state index in [1.807, 2.05) is 35.4 Å². The van der Waals surface area contributed by atoms with E-state index in [4.69, 9.17) is 4.74 Å². The number of thiazole rings is 1. The highest BCUT2D eigenvalue weighted by Crippen LogP contribution is 2.42. The topological polar surface area (TPSA) is 78.5 Å². The molecule has 0 fully saturated rings. The second-order valence-electron chi connectivity index (χ2n) is 10.9. The predicted molar refractivity (Wildman–Crippen MR) is 179 cm³/mol. The fourth-order valence-corrected chi connectivity index (χ4v) is 8.00. The highest BCUT2D eigenvalue weighted by molar-refractivity contribution is 7.85. The Balaban J connectivity index is 1.30. The molecule has 1 aliphatic heterocycles. The van der Waals surface area contributed by atoms with E-state index < -0.39 is 15.9 Å². The van der Waals surface area contributed by atoms with Crippen molar-refractivity contribution in [2.75, 3.05) is 17.2 Å². The summed E-state index contributed by atoms with van der Waals surface area (Å²) in [5.74, 6) is 0.883. The van der Waals surface area contributed by atoms with E-state index in [0.29, 0.717) is 18.2 Å². The third-order valence-electron chi connectivity index (χ3n) is 7.93. The number of hydrogen-bond donors (Lipinski definition) is 0. The van der Waals surface area contributed by atoms with Crippen molar-refractivity contribution in [2.45, 2.75) is 32.7 Å². The molecule has 0 radical (unpaired) electrons. The molecule has 0 bridgehead atoms. The van der Waals surface area contributed by atoms with Crippen molar-refractivity contribution in [3.8, 4) is 22.6 Å². The Hall–Kier alpha value is -3.96. The molecule has 6 aromatic rings. The average Bonchev–Trinajstić information content (AvgIpc) is 3.81. The van der Waals surface area contributed by atoms with E-state index in [1.165, 1.54) is 21.3 Å². The van der Waals surface area contributed by atoms with Crippen LogP contribution in [0.1, 0.15) is 31.2 Å². The summed E-state index contributed by atoms with van der Waals surface area (Å²) >= 11 is 3.40. The van der Waals surface area contributed by atoms with Crippen LogP contribution in [0.25, 0.3) is 44.0 Å². The van der Waals surface area contributed by atoms with Crippen molar-refractivity contribution in [3.05, 3.63) is 101 Å². The van der Waals surface area contributed by atoms with Gasteiger partial charge in [-0.2, -0.15) is 15.9 Å². The molecule has 0 spiro atoms. The first-order chi connectivity index (χ1) is 21.4. The molecule has 224 valence electrons. The van der Waals surface area contributed by atoms with Crippen LogP contribution in [-0.4, -0.2) is 29.8 Å². The average molecular weight is 642 g/mol. The zero-order chi connectivity index (χ0) is 30.3. The van der Waals surface area contributed by atoms with Gasteiger partial charge >= 0.3 is 0 Å². The molecule has 4 heterocycles. The number of benzene rings is 3. The van der Waals surface area contributed by atoms with Gasteiger partial charge in [0.2, 0.25) is 11.4 Å². The van der Waals surface area contributed by atoms with Crippen molar-refractivity contribution >= 4 is 65.7 Å². The Labute approximate surface area is 264 Å². The molecule has 3 aromatic carbocycles. The van der Waals surface area contributed by atoms with Crippen LogP contribution in [0, 0.1) is 0 Å². The lowest BCUT2D eigenvalue weighted by molar-refractivity contribution is -0.669. The first kappa shape index (κ1) is 28.8. The van der Waals surface area contributed by atoms with Crippen LogP contribution in [0.5, 0.6) is 5.75 Å². The molecule has 3 aromatic heterocycles. The van der Waals surface area contributed by atoms with Gasteiger partial charge in [-0.3, -0.25) is 0 Å². The minimum Gasteiger partial charge on any atom is -0.748 e. The molecular weight excluding hydrogens is 611 g/mol. The molecule has 0 saturated heterocycles. The van der Waals surface area contributed by atoms with Crippen LogP contribution >= 0.6 is 22.7 Å². The van der Waals surface area contributed by atoms with Crippen molar-refractivity contribution < 1.29 is 22.3 Å². The van der Waals surface area contributed by atoms with Crippen molar-refractivity contribution in [2.24, 2.45) is 0 Å². The summed E-state index contributed by atoms with van der Waals surface area (Å²) < 4.78 is 46.6. The molecule has 1 aliphatic rings. The number of unbranched alkanes of at least 4 members (excludes halogenated alkanes) is 1. The van der Waals surface area contributed by atoms with Crippen LogP contribution in [-0.2, 0) is 16.7 Å². The maximum absolute atomic E-state index is 11.5. The second kappa shape index (κ2) is 11.9. The monoisotopic (exact) mass is 641 g/mol. The number of nitrogens with zero attached hydrogens (tertiary/aromatic N) is 3. The number of para-hydroxylation sites is 1. The normalized spacial score (nSPS) is 14.1. The van der Waals surface area contributed by atoms with Crippen LogP contribution < -0.4 is 14.2 Å². The highest BCUT2D eigenvalue weighted by atomic mass is 32.2. The number of fused-ring (bicyclic) bond motifs is 3. The van der Waals surface area contributed by atoms with Crippen LogP contribution in [0.3, 0.4) is 0 Å². The van der Waals surface area contributed by atoms with Crippen LogP contribution in [0.15, 0.2) is 95.6 Å². The summed E-state index contributed by atoms with van der Waals surface area (Å²) in [6.45, 7) is 3.39. The quantitative estimate of drug-likeness (QED) is 0.113. The molecule has 0 atom stereocenters. The summed E-state index contributed by atoms with van der Waals surface area (Å²) in [5.41, 5.74) is 6.49. The van der Waals surface area contributed by atoms with Gasteiger partial charge in [-0.05, 0) is 76.2 Å². The predicted octanol–water partition coefficient (Wildman–Crippen LogP) is 7.79. The first-order valence-electron chi connectivity index (χ1n) is 14.7. The van der Waals surface area contributed by atoms with Crippen molar-refractivity contribution in [1.82, 2.24) is 4.57 Å². The smallest absolute Gasteiger partial charge is 0.268 e. The van der Waals surface area contributed by atoms with E-state index >= 15 is 0 Å². The molecule has 0 amide bonds. The molecule has 0 aliphatic carbocycles. The van der Waals surface area contributed by atoms with E-state index in [1.54, 1.807) is 22.7 Å². The van der Waals surface area contributed by atoms with Crippen LogP contribution in [0.4, 0.5) is 5.69 Å². The largest absolute Gasteiger partial charge is 0.748 e. The fraction of sp³-hybridized carbons (Fsp3) is 0.206. The highest BCUT2D eigenvalue weighted by Gasteiger charge is 2.30. The summed E-state index contributed by atoms with van der Waals surface area (Å²) in [7, 11) is -4.34. The fourth-order valence-electron chi connectivity index (χ4n) is 5.75. The zero-order valence-electron chi connectivity index (χ0n) is 24.2. The van der Waals surface area contributed by atoms with Gasteiger partial charge < -0.3 is 18.8 Å². The first-order valence-corrected chi connectivity index (χ1v) is 18.0. The molecule has 0 unspecified atom stereocenters. The molecule has 0 saturated carbocycles. The number of rotatable bonds is 10. The van der Waals surface area contributed by atoms with E-state index in [9.17, 15) is 13.0 Å². The van der Waals surface area contributed by atoms with E-state index in [0.717, 1.165) is 46.7 Å². The second-order valence-corrected chi connectivity index (χ2v) is 14.3. The lowest BCUT2D eigenvalue weighted by Gasteiger charge is -2.19. The van der Waals surface area contributed by atoms with Gasteiger partial charge in [0, 0.05) is 36.7 Å². The van der Waals surface area contributed by atoms with E-state index in [-0.39, 0.29) is 6.42 Å². The standard InChI is InChI=1S/C34H31N3O4S3/c1-2-3-15-37-30-20-25(26-14-18-42-23-26)9-12-32(30)43-34(37)22-33-36(16-6-19-44(38,39)40)29-21-27(10-11-31(29)41-33)35-17-13-24-7-4-5-8-28(24)35/h4-5,7-14,17-18,20-23H,2-3,6,15-16,19H2,1H3. The number of anilines is 1. The SMILES string of the molecule is CCCC[n+]1c(/C=C2\Oc3ccc(-n4ccc5ccccc54)cc3N2CCCS(=O)(=O)[O-])sc2ccc(-c3ccsc3)cc21. The Morgan fingerprint density at radius 1 is 1.00 bits per heavy atom. The van der Waals surface area contributed by atoms with Gasteiger partial charge in [0.1, 0.15) is 4.70 Å². The Bertz CT molecular complexity index is 2110. The third kappa shape index (κ3) is 5.66. The molecule has 44 heavy (non-hydrogen) atoms. The molecule has 7 rings (SSSR count). The van der Waals surface area contributed by atoms with E-state index in [2.05, 4.69) is 81.4 Å². The van der Waals surface area contributed by atoms with Gasteiger partial charge in [0.15, 0.2) is 12.3 Å². The molecule has 10 heteroatoms. The maximum atomic E-state index is 11.5. The summed E-state index contributed by atoms with van der Waals surface area (Å²) in [6, 6.07) is 25.1.